The van der Waals surface area contributed by atoms with E-state index < -0.39 is 11.9 Å². The molecule has 0 unspecified atom stereocenters. The van der Waals surface area contributed by atoms with Gasteiger partial charge in [-0.2, -0.15) is 0 Å². The quantitative estimate of drug-likeness (QED) is 0.743. The average molecular weight is 274 g/mol. The first-order chi connectivity index (χ1) is 9.72. The predicted octanol–water partition coefficient (Wildman–Crippen LogP) is 0.757. The lowest BCUT2D eigenvalue weighted by Crippen LogP contribution is -2.64. The molecular formula is C14H18N4O2. The van der Waals surface area contributed by atoms with E-state index in [9.17, 15) is 4.79 Å². The van der Waals surface area contributed by atoms with Crippen LogP contribution in [0.3, 0.4) is 0 Å². The van der Waals surface area contributed by atoms with Crippen LogP contribution in [0.2, 0.25) is 0 Å². The first-order valence-corrected chi connectivity index (χ1v) is 6.71. The Morgan fingerprint density at radius 3 is 2.20 bits per heavy atom. The van der Waals surface area contributed by atoms with E-state index in [1.807, 2.05) is 30.6 Å². The van der Waals surface area contributed by atoms with Crippen LogP contribution in [-0.4, -0.2) is 47.2 Å². The zero-order valence-corrected chi connectivity index (χ0v) is 11.1. The SMILES string of the molecule is O=C(O)N1CCN(C2(c3ccccc3)NC=CN2)CC1. The Kier molecular flexibility index (Phi) is 3.23. The summed E-state index contributed by atoms with van der Waals surface area (Å²) in [5, 5.41) is 15.8. The van der Waals surface area contributed by atoms with Gasteiger partial charge in [-0.15, -0.1) is 0 Å². The van der Waals surface area contributed by atoms with Crippen molar-refractivity contribution < 1.29 is 9.90 Å². The number of benzene rings is 1. The standard InChI is InChI=1S/C14H18N4O2/c19-13(20)17-8-10-18(11-9-17)14(15-6-7-16-14)12-4-2-1-3-5-12/h1-7,15-16H,8-11H2,(H,19,20). The minimum Gasteiger partial charge on any atom is -0.465 e. The number of nitrogens with one attached hydrogen (secondary N) is 2. The van der Waals surface area contributed by atoms with Gasteiger partial charge in [0.2, 0.25) is 0 Å². The molecule has 1 aromatic carbocycles. The molecule has 106 valence electrons. The molecule has 0 aromatic heterocycles. The molecule has 3 N–H and O–H groups in total. The van der Waals surface area contributed by atoms with Crippen molar-refractivity contribution in [3.63, 3.8) is 0 Å². The van der Waals surface area contributed by atoms with Crippen molar-refractivity contribution in [2.24, 2.45) is 0 Å². The van der Waals surface area contributed by atoms with E-state index in [0.29, 0.717) is 26.2 Å². The highest BCUT2D eigenvalue weighted by Crippen LogP contribution is 2.26. The van der Waals surface area contributed by atoms with E-state index >= 15 is 0 Å². The van der Waals surface area contributed by atoms with E-state index in [1.54, 1.807) is 0 Å². The Morgan fingerprint density at radius 2 is 1.65 bits per heavy atom. The molecule has 0 bridgehead atoms. The van der Waals surface area contributed by atoms with Crippen molar-refractivity contribution in [2.75, 3.05) is 26.2 Å². The van der Waals surface area contributed by atoms with Crippen LogP contribution in [0.5, 0.6) is 0 Å². The summed E-state index contributed by atoms with van der Waals surface area (Å²) in [4.78, 5) is 14.7. The second-order valence-corrected chi connectivity index (χ2v) is 4.96. The fourth-order valence-corrected chi connectivity index (χ4v) is 2.81. The summed E-state index contributed by atoms with van der Waals surface area (Å²) in [5.41, 5.74) is 1.12. The molecule has 6 heteroatoms. The van der Waals surface area contributed by atoms with E-state index in [-0.39, 0.29) is 0 Å². The Morgan fingerprint density at radius 1 is 1.05 bits per heavy atom. The Labute approximate surface area is 117 Å². The molecule has 20 heavy (non-hydrogen) atoms. The maximum Gasteiger partial charge on any atom is 0.407 e. The van der Waals surface area contributed by atoms with Gasteiger partial charge in [0, 0.05) is 44.1 Å². The fraction of sp³-hybridized carbons (Fsp3) is 0.357. The van der Waals surface area contributed by atoms with Crippen LogP contribution in [0.1, 0.15) is 5.56 Å². The number of hydrogen-bond acceptors (Lipinski definition) is 4. The van der Waals surface area contributed by atoms with Gasteiger partial charge in [0.05, 0.1) is 0 Å². The lowest BCUT2D eigenvalue weighted by molar-refractivity contribution is 0.00949. The molecule has 6 nitrogen and oxygen atoms in total. The largest absolute Gasteiger partial charge is 0.465 e. The maximum absolute atomic E-state index is 11.0. The van der Waals surface area contributed by atoms with Gasteiger partial charge >= 0.3 is 6.09 Å². The highest BCUT2D eigenvalue weighted by Gasteiger charge is 2.40. The maximum atomic E-state index is 11.0. The minimum atomic E-state index is -0.844. The summed E-state index contributed by atoms with van der Waals surface area (Å²) >= 11 is 0. The highest BCUT2D eigenvalue weighted by atomic mass is 16.4. The van der Waals surface area contributed by atoms with Gasteiger partial charge in [0.15, 0.2) is 5.79 Å². The summed E-state index contributed by atoms with van der Waals surface area (Å²) in [5.74, 6) is -0.466. The fourth-order valence-electron chi connectivity index (χ4n) is 2.81. The van der Waals surface area contributed by atoms with Crippen molar-refractivity contribution in [1.29, 1.82) is 0 Å². The minimum absolute atomic E-state index is 0.466. The number of rotatable bonds is 2. The topological polar surface area (TPSA) is 67.8 Å². The van der Waals surface area contributed by atoms with Gasteiger partial charge < -0.3 is 20.6 Å². The van der Waals surface area contributed by atoms with Gasteiger partial charge in [-0.05, 0) is 0 Å². The molecule has 3 rings (SSSR count). The summed E-state index contributed by atoms with van der Waals surface area (Å²) in [6.45, 7) is 2.41. The summed E-state index contributed by atoms with van der Waals surface area (Å²) < 4.78 is 0. The smallest absolute Gasteiger partial charge is 0.407 e. The van der Waals surface area contributed by atoms with Crippen molar-refractivity contribution in [1.82, 2.24) is 20.4 Å². The van der Waals surface area contributed by atoms with Gasteiger partial charge in [0.25, 0.3) is 0 Å². The molecule has 0 saturated carbocycles. The van der Waals surface area contributed by atoms with Gasteiger partial charge in [-0.25, -0.2) is 4.79 Å². The van der Waals surface area contributed by atoms with Gasteiger partial charge in [-0.1, -0.05) is 30.3 Å². The number of piperazine rings is 1. The summed E-state index contributed by atoms with van der Waals surface area (Å²) in [6.07, 6.45) is 2.93. The number of carboxylic acid groups (broad SMARTS) is 1. The Bertz CT molecular complexity index is 501. The van der Waals surface area contributed by atoms with Crippen LogP contribution in [0.25, 0.3) is 0 Å². The van der Waals surface area contributed by atoms with Crippen molar-refractivity contribution in [2.45, 2.75) is 5.79 Å². The average Bonchev–Trinajstić information content (AvgIpc) is 2.99. The van der Waals surface area contributed by atoms with Crippen molar-refractivity contribution in [3.8, 4) is 0 Å². The molecule has 1 saturated heterocycles. The monoisotopic (exact) mass is 274 g/mol. The van der Waals surface area contributed by atoms with Crippen LogP contribution in [0, 0.1) is 0 Å². The molecule has 0 spiro atoms. The van der Waals surface area contributed by atoms with Crippen LogP contribution in [0.15, 0.2) is 42.7 Å². The predicted molar refractivity (Wildman–Crippen MR) is 74.7 cm³/mol. The lowest BCUT2D eigenvalue weighted by Gasteiger charge is -2.45. The molecule has 1 aromatic rings. The third-order valence-corrected chi connectivity index (χ3v) is 3.88. The second kappa shape index (κ2) is 5.05. The van der Waals surface area contributed by atoms with Crippen LogP contribution >= 0.6 is 0 Å². The molecule has 1 amide bonds. The number of hydrogen-bond donors (Lipinski definition) is 3. The molecular weight excluding hydrogens is 256 g/mol. The first kappa shape index (κ1) is 12.8. The third kappa shape index (κ3) is 2.08. The third-order valence-electron chi connectivity index (χ3n) is 3.88. The molecule has 0 aliphatic carbocycles. The molecule has 2 aliphatic rings. The van der Waals surface area contributed by atoms with Gasteiger partial charge in [-0.3, -0.25) is 4.90 Å². The second-order valence-electron chi connectivity index (χ2n) is 4.96. The summed E-state index contributed by atoms with van der Waals surface area (Å²) in [7, 11) is 0. The number of nitrogens with zero attached hydrogens (tertiary/aromatic N) is 2. The van der Waals surface area contributed by atoms with E-state index in [2.05, 4.69) is 27.7 Å². The van der Waals surface area contributed by atoms with E-state index in [0.717, 1.165) is 5.56 Å². The Balaban J connectivity index is 1.81. The lowest BCUT2D eigenvalue weighted by atomic mass is 10.1. The van der Waals surface area contributed by atoms with Crippen molar-refractivity contribution >= 4 is 6.09 Å². The molecule has 0 atom stereocenters. The molecule has 2 heterocycles. The molecule has 1 fully saturated rings. The normalized spacial score (nSPS) is 21.3. The summed E-state index contributed by atoms with van der Waals surface area (Å²) in [6, 6.07) is 10.1. The zero-order valence-electron chi connectivity index (χ0n) is 11.1. The van der Waals surface area contributed by atoms with Crippen LogP contribution < -0.4 is 10.6 Å². The highest BCUT2D eigenvalue weighted by molar-refractivity contribution is 5.65. The van der Waals surface area contributed by atoms with Crippen LogP contribution in [0.4, 0.5) is 4.79 Å². The van der Waals surface area contributed by atoms with Gasteiger partial charge in [0.1, 0.15) is 0 Å². The molecule has 0 radical (unpaired) electrons. The number of amides is 1. The number of carbonyl (C=O) groups is 1. The van der Waals surface area contributed by atoms with Crippen LogP contribution in [-0.2, 0) is 5.79 Å². The van der Waals surface area contributed by atoms with E-state index in [4.69, 9.17) is 5.11 Å². The van der Waals surface area contributed by atoms with Crippen molar-refractivity contribution in [3.05, 3.63) is 48.3 Å². The zero-order chi connectivity index (χ0) is 14.0. The molecule has 2 aliphatic heterocycles. The Hall–Kier alpha value is -2.21. The van der Waals surface area contributed by atoms with E-state index in [1.165, 1.54) is 4.90 Å². The first-order valence-electron chi connectivity index (χ1n) is 6.71.